The van der Waals surface area contributed by atoms with Crippen LogP contribution in [0.5, 0.6) is 5.75 Å². The van der Waals surface area contributed by atoms with Gasteiger partial charge in [0.05, 0.1) is 18.4 Å². The van der Waals surface area contributed by atoms with Gasteiger partial charge < -0.3 is 4.74 Å². The van der Waals surface area contributed by atoms with E-state index < -0.39 is 21.8 Å². The lowest BCUT2D eigenvalue weighted by Gasteiger charge is -2.10. The number of benzene rings is 3. The number of hydrogen-bond acceptors (Lipinski definition) is 6. The summed E-state index contributed by atoms with van der Waals surface area (Å²) in [6.07, 6.45) is 0.0678. The summed E-state index contributed by atoms with van der Waals surface area (Å²) in [5.74, 6) is -0.451. The van der Waals surface area contributed by atoms with Crippen LogP contribution in [0.15, 0.2) is 77.7 Å². The molecular formula is C24H23N3O6S. The molecule has 0 radical (unpaired) electrons. The molecule has 0 atom stereocenters. The SMILES string of the molecule is COc1ccc(CC(=O)NNC(=O)c2ccc(NS(=O)(=O)c3ccc(C(C)=O)cc3)cc2)cc1. The molecule has 176 valence electrons. The minimum Gasteiger partial charge on any atom is -0.497 e. The Balaban J connectivity index is 1.55. The van der Waals surface area contributed by atoms with Crippen molar-refractivity contribution in [3.05, 3.63) is 89.5 Å². The second-order valence-electron chi connectivity index (χ2n) is 7.29. The average molecular weight is 482 g/mol. The summed E-state index contributed by atoms with van der Waals surface area (Å²) in [5.41, 5.74) is 6.28. The van der Waals surface area contributed by atoms with E-state index in [1.807, 2.05) is 0 Å². The highest BCUT2D eigenvalue weighted by Crippen LogP contribution is 2.18. The summed E-state index contributed by atoms with van der Waals surface area (Å²) < 4.78 is 32.5. The molecule has 0 heterocycles. The molecule has 0 aliphatic carbocycles. The molecule has 3 aromatic rings. The lowest BCUT2D eigenvalue weighted by Crippen LogP contribution is -2.42. The summed E-state index contributed by atoms with van der Waals surface area (Å²) in [6, 6.07) is 18.2. The minimum absolute atomic E-state index is 0.00103. The third-order valence-electron chi connectivity index (χ3n) is 4.81. The van der Waals surface area contributed by atoms with Crippen molar-refractivity contribution in [2.24, 2.45) is 0 Å². The highest BCUT2D eigenvalue weighted by atomic mass is 32.2. The number of anilines is 1. The molecule has 9 nitrogen and oxygen atoms in total. The number of ether oxygens (including phenoxy) is 1. The number of methoxy groups -OCH3 is 1. The molecule has 0 aliphatic heterocycles. The van der Waals surface area contributed by atoms with Crippen molar-refractivity contribution in [1.29, 1.82) is 0 Å². The first-order valence-electron chi connectivity index (χ1n) is 10.1. The second-order valence-corrected chi connectivity index (χ2v) is 8.97. The van der Waals surface area contributed by atoms with Gasteiger partial charge in [-0.2, -0.15) is 0 Å². The molecule has 0 saturated carbocycles. The van der Waals surface area contributed by atoms with Crippen LogP contribution in [0.4, 0.5) is 5.69 Å². The zero-order valence-electron chi connectivity index (χ0n) is 18.5. The number of hydrogen-bond donors (Lipinski definition) is 3. The van der Waals surface area contributed by atoms with Crippen LogP contribution in [0.3, 0.4) is 0 Å². The Morgan fingerprint density at radius 3 is 1.94 bits per heavy atom. The van der Waals surface area contributed by atoms with E-state index in [2.05, 4.69) is 15.6 Å². The Bertz CT molecular complexity index is 1290. The maximum atomic E-state index is 12.5. The topological polar surface area (TPSA) is 131 Å². The molecular weight excluding hydrogens is 458 g/mol. The van der Waals surface area contributed by atoms with E-state index >= 15 is 0 Å². The van der Waals surface area contributed by atoms with E-state index in [-0.39, 0.29) is 28.4 Å². The van der Waals surface area contributed by atoms with Crippen LogP contribution in [0.2, 0.25) is 0 Å². The first-order valence-corrected chi connectivity index (χ1v) is 11.6. The van der Waals surface area contributed by atoms with Gasteiger partial charge in [-0.1, -0.05) is 24.3 Å². The van der Waals surface area contributed by atoms with E-state index in [0.717, 1.165) is 5.56 Å². The number of nitrogens with one attached hydrogen (secondary N) is 3. The van der Waals surface area contributed by atoms with Crippen molar-refractivity contribution >= 4 is 33.3 Å². The third kappa shape index (κ3) is 6.42. The van der Waals surface area contributed by atoms with Crippen LogP contribution in [0.25, 0.3) is 0 Å². The third-order valence-corrected chi connectivity index (χ3v) is 6.21. The van der Waals surface area contributed by atoms with Gasteiger partial charge in [-0.3, -0.25) is 30.0 Å². The van der Waals surface area contributed by atoms with Crippen LogP contribution in [-0.4, -0.2) is 33.1 Å². The van der Waals surface area contributed by atoms with Crippen molar-refractivity contribution in [2.75, 3.05) is 11.8 Å². The molecule has 0 bridgehead atoms. The van der Waals surface area contributed by atoms with Gasteiger partial charge in [-0.05, 0) is 61.0 Å². The molecule has 0 aromatic heterocycles. The molecule has 0 unspecified atom stereocenters. The van der Waals surface area contributed by atoms with Crippen molar-refractivity contribution in [2.45, 2.75) is 18.2 Å². The van der Waals surface area contributed by atoms with Crippen LogP contribution >= 0.6 is 0 Å². The number of hydrazine groups is 1. The first kappa shape index (κ1) is 24.5. The Morgan fingerprint density at radius 1 is 0.794 bits per heavy atom. The molecule has 0 aliphatic rings. The predicted octanol–water partition coefficient (Wildman–Crippen LogP) is 2.70. The fraction of sp³-hybridized carbons (Fsp3) is 0.125. The van der Waals surface area contributed by atoms with Gasteiger partial charge in [-0.15, -0.1) is 0 Å². The van der Waals surface area contributed by atoms with Gasteiger partial charge in [0.25, 0.3) is 15.9 Å². The van der Waals surface area contributed by atoms with E-state index in [1.165, 1.54) is 55.5 Å². The maximum Gasteiger partial charge on any atom is 0.269 e. The molecule has 0 fully saturated rings. The maximum absolute atomic E-state index is 12.5. The molecule has 34 heavy (non-hydrogen) atoms. The van der Waals surface area contributed by atoms with Crippen molar-refractivity contribution in [1.82, 2.24) is 10.9 Å². The summed E-state index contributed by atoms with van der Waals surface area (Å²) in [4.78, 5) is 35.7. The molecule has 3 N–H and O–H groups in total. The number of carbonyl (C=O) groups excluding carboxylic acids is 3. The number of carbonyl (C=O) groups is 3. The smallest absolute Gasteiger partial charge is 0.269 e. The van der Waals surface area contributed by atoms with Crippen molar-refractivity contribution in [3.63, 3.8) is 0 Å². The van der Waals surface area contributed by atoms with Gasteiger partial charge >= 0.3 is 0 Å². The normalized spacial score (nSPS) is 10.8. The van der Waals surface area contributed by atoms with Gasteiger partial charge in [0.2, 0.25) is 5.91 Å². The lowest BCUT2D eigenvalue weighted by molar-refractivity contribution is -0.121. The molecule has 0 spiro atoms. The summed E-state index contributed by atoms with van der Waals surface area (Å²) in [7, 11) is -2.32. The Labute approximate surface area is 197 Å². The van der Waals surface area contributed by atoms with E-state index in [1.54, 1.807) is 31.4 Å². The van der Waals surface area contributed by atoms with Crippen LogP contribution in [0.1, 0.15) is 33.2 Å². The molecule has 3 aromatic carbocycles. The van der Waals surface area contributed by atoms with Gasteiger partial charge in [0.15, 0.2) is 5.78 Å². The van der Waals surface area contributed by atoms with E-state index in [9.17, 15) is 22.8 Å². The lowest BCUT2D eigenvalue weighted by atomic mass is 10.1. The van der Waals surface area contributed by atoms with Crippen LogP contribution in [0, 0.1) is 0 Å². The fourth-order valence-electron chi connectivity index (χ4n) is 2.94. The Morgan fingerprint density at radius 2 is 1.38 bits per heavy atom. The van der Waals surface area contributed by atoms with Crippen molar-refractivity contribution < 1.29 is 27.5 Å². The Hall–Kier alpha value is -4.18. The number of amides is 2. The monoisotopic (exact) mass is 481 g/mol. The van der Waals surface area contributed by atoms with E-state index in [4.69, 9.17) is 4.74 Å². The summed E-state index contributed by atoms with van der Waals surface area (Å²) >= 11 is 0. The highest BCUT2D eigenvalue weighted by molar-refractivity contribution is 7.92. The minimum atomic E-state index is -3.87. The average Bonchev–Trinajstić information content (AvgIpc) is 2.83. The zero-order valence-corrected chi connectivity index (χ0v) is 19.3. The second kappa shape index (κ2) is 10.6. The number of ketones is 1. The van der Waals surface area contributed by atoms with Crippen LogP contribution in [-0.2, 0) is 21.2 Å². The van der Waals surface area contributed by atoms with Gasteiger partial charge in [0, 0.05) is 16.8 Å². The molecule has 10 heteroatoms. The summed E-state index contributed by atoms with van der Waals surface area (Å²) in [5, 5.41) is 0. The van der Waals surface area contributed by atoms with Gasteiger partial charge in [-0.25, -0.2) is 8.42 Å². The van der Waals surface area contributed by atoms with Crippen LogP contribution < -0.4 is 20.3 Å². The summed E-state index contributed by atoms with van der Waals surface area (Å²) in [6.45, 7) is 1.39. The first-order chi connectivity index (χ1) is 16.2. The van der Waals surface area contributed by atoms with Gasteiger partial charge in [0.1, 0.15) is 5.75 Å². The molecule has 0 saturated heterocycles. The number of Topliss-reactive ketones (excluding diaryl/α,β-unsaturated/α-hetero) is 1. The quantitative estimate of drug-likeness (QED) is 0.335. The predicted molar refractivity (Wildman–Crippen MR) is 126 cm³/mol. The standard InChI is InChI=1S/C24H23N3O6S/c1-16(28)18-7-13-22(14-8-18)34(31,32)27-20-9-5-19(6-10-20)24(30)26-25-23(29)15-17-3-11-21(33-2)12-4-17/h3-14,27H,15H2,1-2H3,(H,25,29)(H,26,30). The zero-order chi connectivity index (χ0) is 24.7. The largest absolute Gasteiger partial charge is 0.497 e. The Kier molecular flexibility index (Phi) is 7.64. The van der Waals surface area contributed by atoms with Crippen molar-refractivity contribution in [3.8, 4) is 5.75 Å². The highest BCUT2D eigenvalue weighted by Gasteiger charge is 2.15. The molecule has 3 rings (SSSR count). The number of sulfonamides is 1. The number of rotatable bonds is 8. The molecule has 2 amide bonds. The van der Waals surface area contributed by atoms with E-state index in [0.29, 0.717) is 11.3 Å². The fourth-order valence-corrected chi connectivity index (χ4v) is 4.00.